The van der Waals surface area contributed by atoms with Crippen LogP contribution >= 0.6 is 0 Å². The van der Waals surface area contributed by atoms with Gasteiger partial charge < -0.3 is 9.80 Å². The third kappa shape index (κ3) is 5.01. The maximum Gasteiger partial charge on any atom is 0.233 e. The lowest BCUT2D eigenvalue weighted by Crippen LogP contribution is -2.51. The molecule has 6 heteroatoms. The lowest BCUT2D eigenvalue weighted by molar-refractivity contribution is -0.141. The van der Waals surface area contributed by atoms with Gasteiger partial charge in [-0.1, -0.05) is 32.6 Å². The minimum absolute atomic E-state index is 0.00683. The Morgan fingerprint density at radius 1 is 1.08 bits per heavy atom. The van der Waals surface area contributed by atoms with E-state index in [4.69, 9.17) is 0 Å². The SMILES string of the molecule is CCCCCC[C@H](C(C)=O)C(=O)N1CCN(c2ncccn2)CC1. The molecule has 0 N–H and O–H groups in total. The van der Waals surface area contributed by atoms with Crippen molar-refractivity contribution in [1.29, 1.82) is 0 Å². The van der Waals surface area contributed by atoms with Crippen LogP contribution in [0.2, 0.25) is 0 Å². The Kier molecular flexibility index (Phi) is 7.15. The Hall–Kier alpha value is -1.98. The van der Waals surface area contributed by atoms with Crippen LogP contribution in [0.25, 0.3) is 0 Å². The minimum Gasteiger partial charge on any atom is -0.339 e. The molecular formula is C18H28N4O2. The number of hydrogen-bond donors (Lipinski definition) is 0. The number of amides is 1. The van der Waals surface area contributed by atoms with Gasteiger partial charge in [0.1, 0.15) is 5.78 Å². The molecule has 2 rings (SSSR count). The molecule has 1 aliphatic heterocycles. The van der Waals surface area contributed by atoms with Gasteiger partial charge in [0.05, 0.1) is 5.92 Å². The first-order valence-electron chi connectivity index (χ1n) is 8.94. The average molecular weight is 332 g/mol. The summed E-state index contributed by atoms with van der Waals surface area (Å²) in [5, 5.41) is 0. The van der Waals surface area contributed by atoms with Crippen LogP contribution in [0, 0.1) is 5.92 Å². The molecule has 1 aliphatic rings. The van der Waals surface area contributed by atoms with Crippen LogP contribution in [0.4, 0.5) is 5.95 Å². The summed E-state index contributed by atoms with van der Waals surface area (Å²) in [4.78, 5) is 37.0. The van der Waals surface area contributed by atoms with E-state index in [-0.39, 0.29) is 11.7 Å². The highest BCUT2D eigenvalue weighted by molar-refractivity contribution is 6.00. The normalized spacial score (nSPS) is 16.1. The van der Waals surface area contributed by atoms with Gasteiger partial charge in [0.15, 0.2) is 0 Å². The summed E-state index contributed by atoms with van der Waals surface area (Å²) in [6, 6.07) is 1.79. The standard InChI is InChI=1S/C18H28N4O2/c1-3-4-5-6-8-16(15(2)23)17(24)21-11-13-22(14-12-21)18-19-9-7-10-20-18/h7,9-10,16H,3-6,8,11-14H2,1-2H3/t16-/m1/s1. The van der Waals surface area contributed by atoms with E-state index < -0.39 is 5.92 Å². The second kappa shape index (κ2) is 9.35. The van der Waals surface area contributed by atoms with Crippen LogP contribution in [-0.4, -0.2) is 52.7 Å². The van der Waals surface area contributed by atoms with Gasteiger partial charge in [0.2, 0.25) is 11.9 Å². The molecule has 0 spiro atoms. The molecule has 132 valence electrons. The van der Waals surface area contributed by atoms with Crippen molar-refractivity contribution in [2.24, 2.45) is 5.92 Å². The Labute approximate surface area is 144 Å². The number of piperazine rings is 1. The van der Waals surface area contributed by atoms with E-state index in [1.165, 1.54) is 6.92 Å². The topological polar surface area (TPSA) is 66.4 Å². The average Bonchev–Trinajstić information content (AvgIpc) is 2.62. The largest absolute Gasteiger partial charge is 0.339 e. The molecule has 0 radical (unpaired) electrons. The summed E-state index contributed by atoms with van der Waals surface area (Å²) in [5.74, 6) is 0.214. The summed E-state index contributed by atoms with van der Waals surface area (Å²) in [7, 11) is 0. The van der Waals surface area contributed by atoms with Crippen molar-refractivity contribution in [3.63, 3.8) is 0 Å². The van der Waals surface area contributed by atoms with Gasteiger partial charge in [-0.25, -0.2) is 9.97 Å². The number of unbranched alkanes of at least 4 members (excludes halogenated alkanes) is 3. The van der Waals surface area contributed by atoms with Gasteiger partial charge in [-0.3, -0.25) is 9.59 Å². The molecule has 0 bridgehead atoms. The molecule has 0 unspecified atom stereocenters. The zero-order valence-electron chi connectivity index (χ0n) is 14.8. The van der Waals surface area contributed by atoms with Crippen LogP contribution in [0.15, 0.2) is 18.5 Å². The monoisotopic (exact) mass is 332 g/mol. The van der Waals surface area contributed by atoms with Crippen molar-refractivity contribution in [2.45, 2.75) is 46.0 Å². The molecule has 1 amide bonds. The first-order chi connectivity index (χ1) is 11.6. The summed E-state index contributed by atoms with van der Waals surface area (Å²) < 4.78 is 0. The number of carbonyl (C=O) groups is 2. The summed E-state index contributed by atoms with van der Waals surface area (Å²) in [5.41, 5.74) is 0. The highest BCUT2D eigenvalue weighted by Crippen LogP contribution is 2.17. The Morgan fingerprint density at radius 2 is 1.75 bits per heavy atom. The molecule has 0 aromatic carbocycles. The molecule has 1 atom stereocenters. The zero-order chi connectivity index (χ0) is 17.4. The maximum absolute atomic E-state index is 12.7. The number of hydrogen-bond acceptors (Lipinski definition) is 5. The number of Topliss-reactive ketones (excluding diaryl/α,β-unsaturated/α-hetero) is 1. The van der Waals surface area contributed by atoms with Gasteiger partial charge in [0, 0.05) is 38.6 Å². The van der Waals surface area contributed by atoms with Gasteiger partial charge in [0.25, 0.3) is 0 Å². The van der Waals surface area contributed by atoms with Gasteiger partial charge >= 0.3 is 0 Å². The molecule has 2 heterocycles. The number of aromatic nitrogens is 2. The fraction of sp³-hybridized carbons (Fsp3) is 0.667. The van der Waals surface area contributed by atoms with Crippen molar-refractivity contribution in [2.75, 3.05) is 31.1 Å². The summed E-state index contributed by atoms with van der Waals surface area (Å²) >= 11 is 0. The number of ketones is 1. The first-order valence-corrected chi connectivity index (χ1v) is 8.94. The molecule has 24 heavy (non-hydrogen) atoms. The second-order valence-corrected chi connectivity index (χ2v) is 6.37. The molecule has 0 saturated carbocycles. The van der Waals surface area contributed by atoms with E-state index in [2.05, 4.69) is 21.8 Å². The highest BCUT2D eigenvalue weighted by atomic mass is 16.2. The second-order valence-electron chi connectivity index (χ2n) is 6.37. The van der Waals surface area contributed by atoms with Crippen LogP contribution in [0.1, 0.15) is 46.0 Å². The van der Waals surface area contributed by atoms with Gasteiger partial charge in [-0.2, -0.15) is 0 Å². The first kappa shape index (κ1) is 18.4. The predicted octanol–water partition coefficient (Wildman–Crippen LogP) is 2.30. The fourth-order valence-electron chi connectivity index (χ4n) is 3.08. The smallest absolute Gasteiger partial charge is 0.233 e. The van der Waals surface area contributed by atoms with E-state index >= 15 is 0 Å². The Balaban J connectivity index is 1.86. The fourth-order valence-corrected chi connectivity index (χ4v) is 3.08. The molecule has 1 fully saturated rings. The van der Waals surface area contributed by atoms with Crippen LogP contribution in [0.3, 0.4) is 0 Å². The number of anilines is 1. The van der Waals surface area contributed by atoms with E-state index in [1.807, 2.05) is 4.90 Å². The van der Waals surface area contributed by atoms with Gasteiger partial charge in [-0.15, -0.1) is 0 Å². The molecule has 6 nitrogen and oxygen atoms in total. The summed E-state index contributed by atoms with van der Waals surface area (Å²) in [6.45, 7) is 6.35. The van der Waals surface area contributed by atoms with Crippen molar-refractivity contribution >= 4 is 17.6 Å². The van der Waals surface area contributed by atoms with Crippen molar-refractivity contribution in [3.8, 4) is 0 Å². The molecule has 1 saturated heterocycles. The number of rotatable bonds is 8. The number of nitrogens with zero attached hydrogens (tertiary/aromatic N) is 4. The third-order valence-electron chi connectivity index (χ3n) is 4.56. The minimum atomic E-state index is -0.471. The Bertz CT molecular complexity index is 527. The molecule has 1 aromatic heterocycles. The lowest BCUT2D eigenvalue weighted by Gasteiger charge is -2.36. The summed E-state index contributed by atoms with van der Waals surface area (Å²) in [6.07, 6.45) is 8.48. The van der Waals surface area contributed by atoms with Crippen LogP contribution < -0.4 is 4.90 Å². The van der Waals surface area contributed by atoms with Crippen LogP contribution in [-0.2, 0) is 9.59 Å². The van der Waals surface area contributed by atoms with Crippen molar-refractivity contribution in [3.05, 3.63) is 18.5 Å². The Morgan fingerprint density at radius 3 is 2.33 bits per heavy atom. The van der Waals surface area contributed by atoms with Crippen molar-refractivity contribution in [1.82, 2.24) is 14.9 Å². The predicted molar refractivity (Wildman–Crippen MR) is 93.8 cm³/mol. The lowest BCUT2D eigenvalue weighted by atomic mass is 9.95. The quantitative estimate of drug-likeness (QED) is 0.540. The maximum atomic E-state index is 12.7. The zero-order valence-corrected chi connectivity index (χ0v) is 14.8. The third-order valence-corrected chi connectivity index (χ3v) is 4.56. The van der Waals surface area contributed by atoms with E-state index in [0.29, 0.717) is 38.5 Å². The van der Waals surface area contributed by atoms with E-state index in [0.717, 1.165) is 25.7 Å². The highest BCUT2D eigenvalue weighted by Gasteiger charge is 2.30. The molecule has 0 aliphatic carbocycles. The molecular weight excluding hydrogens is 304 g/mol. The van der Waals surface area contributed by atoms with Crippen LogP contribution in [0.5, 0.6) is 0 Å². The molecule has 1 aromatic rings. The van der Waals surface area contributed by atoms with Gasteiger partial charge in [-0.05, 0) is 19.4 Å². The van der Waals surface area contributed by atoms with Crippen molar-refractivity contribution < 1.29 is 9.59 Å². The number of carbonyl (C=O) groups excluding carboxylic acids is 2. The van der Waals surface area contributed by atoms with E-state index in [9.17, 15) is 9.59 Å². The van der Waals surface area contributed by atoms with E-state index in [1.54, 1.807) is 18.5 Å².